The normalized spacial score (nSPS) is 12.3. The molecule has 1 atom stereocenters. The van der Waals surface area contributed by atoms with E-state index in [4.69, 9.17) is 5.73 Å². The van der Waals surface area contributed by atoms with Gasteiger partial charge in [-0.2, -0.15) is 8.42 Å². The SMILES string of the molecule is Cc1cccc(C(CC(=O)NS(=O)(=O)c2ncc(Br)cc2C)NC(N)=O)c1. The molecule has 0 bridgehead atoms. The van der Waals surface area contributed by atoms with E-state index in [-0.39, 0.29) is 11.4 Å². The summed E-state index contributed by atoms with van der Waals surface area (Å²) in [4.78, 5) is 27.5. The van der Waals surface area contributed by atoms with Gasteiger partial charge in [-0.1, -0.05) is 29.8 Å². The van der Waals surface area contributed by atoms with E-state index in [1.165, 1.54) is 6.20 Å². The molecule has 10 heteroatoms. The molecule has 3 amide bonds. The van der Waals surface area contributed by atoms with Crippen LogP contribution in [0.3, 0.4) is 0 Å². The highest BCUT2D eigenvalue weighted by Gasteiger charge is 2.24. The number of aromatic nitrogens is 1. The Balaban J connectivity index is 2.21. The van der Waals surface area contributed by atoms with Crippen LogP contribution in [0.15, 0.2) is 46.0 Å². The second-order valence-electron chi connectivity index (χ2n) is 5.98. The summed E-state index contributed by atoms with van der Waals surface area (Å²) in [6, 6.07) is 7.12. The van der Waals surface area contributed by atoms with Gasteiger partial charge in [0.2, 0.25) is 5.91 Å². The van der Waals surface area contributed by atoms with Crippen LogP contribution in [-0.2, 0) is 14.8 Å². The van der Waals surface area contributed by atoms with Crippen LogP contribution < -0.4 is 15.8 Å². The number of sulfonamides is 1. The van der Waals surface area contributed by atoms with E-state index < -0.39 is 28.0 Å². The highest BCUT2D eigenvalue weighted by Crippen LogP contribution is 2.20. The van der Waals surface area contributed by atoms with Crippen molar-refractivity contribution in [3.05, 3.63) is 57.7 Å². The number of aryl methyl sites for hydroxylation is 2. The Kier molecular flexibility index (Phi) is 6.55. The van der Waals surface area contributed by atoms with Crippen molar-refractivity contribution in [1.29, 1.82) is 0 Å². The minimum Gasteiger partial charge on any atom is -0.352 e. The van der Waals surface area contributed by atoms with Crippen molar-refractivity contribution in [3.63, 3.8) is 0 Å². The van der Waals surface area contributed by atoms with E-state index in [1.54, 1.807) is 31.2 Å². The molecule has 4 N–H and O–H groups in total. The average molecular weight is 455 g/mol. The summed E-state index contributed by atoms with van der Waals surface area (Å²) in [5, 5.41) is 2.22. The summed E-state index contributed by atoms with van der Waals surface area (Å²) >= 11 is 3.20. The second-order valence-corrected chi connectivity index (χ2v) is 8.50. The van der Waals surface area contributed by atoms with Crippen LogP contribution in [0, 0.1) is 13.8 Å². The molecule has 1 aromatic carbocycles. The molecule has 0 aliphatic heterocycles. The lowest BCUT2D eigenvalue weighted by molar-refractivity contribution is -0.119. The maximum atomic E-state index is 12.4. The van der Waals surface area contributed by atoms with Crippen LogP contribution in [-0.4, -0.2) is 25.3 Å². The lowest BCUT2D eigenvalue weighted by atomic mass is 10.0. The van der Waals surface area contributed by atoms with Gasteiger partial charge in [0.25, 0.3) is 10.0 Å². The Hall–Kier alpha value is -2.46. The maximum Gasteiger partial charge on any atom is 0.312 e. The van der Waals surface area contributed by atoms with E-state index in [1.807, 2.05) is 17.7 Å². The van der Waals surface area contributed by atoms with Crippen LogP contribution in [0.1, 0.15) is 29.2 Å². The predicted octanol–water partition coefficient (Wildman–Crippen LogP) is 2.07. The van der Waals surface area contributed by atoms with Gasteiger partial charge in [-0.15, -0.1) is 0 Å². The fraction of sp³-hybridized carbons (Fsp3) is 0.235. The summed E-state index contributed by atoms with van der Waals surface area (Å²) in [6.45, 7) is 3.43. The van der Waals surface area contributed by atoms with E-state index in [0.29, 0.717) is 15.6 Å². The lowest BCUT2D eigenvalue weighted by Gasteiger charge is -2.18. The average Bonchev–Trinajstić information content (AvgIpc) is 2.52. The van der Waals surface area contributed by atoms with Crippen LogP contribution in [0.25, 0.3) is 0 Å². The molecule has 0 fully saturated rings. The van der Waals surface area contributed by atoms with Crippen LogP contribution in [0.4, 0.5) is 4.79 Å². The summed E-state index contributed by atoms with van der Waals surface area (Å²) in [5.74, 6) is -0.792. The zero-order valence-corrected chi connectivity index (χ0v) is 17.1. The first-order valence-electron chi connectivity index (χ1n) is 7.89. The van der Waals surface area contributed by atoms with Gasteiger partial charge < -0.3 is 11.1 Å². The lowest BCUT2D eigenvalue weighted by Crippen LogP contribution is -2.38. The van der Waals surface area contributed by atoms with Crippen LogP contribution in [0.2, 0.25) is 0 Å². The number of nitrogens with one attached hydrogen (secondary N) is 2. The Morgan fingerprint density at radius 3 is 2.56 bits per heavy atom. The number of urea groups is 1. The number of nitrogens with two attached hydrogens (primary N) is 1. The van der Waals surface area contributed by atoms with Crippen molar-refractivity contribution in [3.8, 4) is 0 Å². The first-order chi connectivity index (χ1) is 12.6. The molecule has 8 nitrogen and oxygen atoms in total. The third kappa shape index (κ3) is 5.76. The van der Waals surface area contributed by atoms with E-state index >= 15 is 0 Å². The number of carbonyl (C=O) groups is 2. The molecule has 2 aromatic rings. The highest BCUT2D eigenvalue weighted by molar-refractivity contribution is 9.10. The maximum absolute atomic E-state index is 12.4. The molecule has 1 unspecified atom stereocenters. The molecule has 0 spiro atoms. The molecule has 0 saturated carbocycles. The fourth-order valence-electron chi connectivity index (χ4n) is 2.55. The van der Waals surface area contributed by atoms with Crippen molar-refractivity contribution in [2.45, 2.75) is 31.3 Å². The largest absolute Gasteiger partial charge is 0.352 e. The Labute approximate surface area is 165 Å². The Morgan fingerprint density at radius 1 is 1.26 bits per heavy atom. The van der Waals surface area contributed by atoms with Crippen LogP contribution in [0.5, 0.6) is 0 Å². The third-order valence-electron chi connectivity index (χ3n) is 3.65. The molecule has 1 aromatic heterocycles. The van der Waals surface area contributed by atoms with Gasteiger partial charge in [0.15, 0.2) is 5.03 Å². The molecule has 2 rings (SSSR count). The molecule has 0 aliphatic rings. The smallest absolute Gasteiger partial charge is 0.312 e. The number of amides is 3. The van der Waals surface area contributed by atoms with Crippen LogP contribution >= 0.6 is 15.9 Å². The number of benzene rings is 1. The second kappa shape index (κ2) is 8.49. The Morgan fingerprint density at radius 2 is 1.96 bits per heavy atom. The number of rotatable bonds is 6. The highest BCUT2D eigenvalue weighted by atomic mass is 79.9. The molecular formula is C17H19BrN4O4S. The van der Waals surface area contributed by atoms with Gasteiger partial charge in [0, 0.05) is 10.7 Å². The predicted molar refractivity (Wildman–Crippen MR) is 103 cm³/mol. The monoisotopic (exact) mass is 454 g/mol. The first kappa shape index (κ1) is 20.8. The number of hydrogen-bond acceptors (Lipinski definition) is 5. The number of carbonyl (C=O) groups excluding carboxylic acids is 2. The summed E-state index contributed by atoms with van der Waals surface area (Å²) < 4.78 is 27.5. The summed E-state index contributed by atoms with van der Waals surface area (Å²) in [5.41, 5.74) is 7.13. The molecule has 0 saturated heterocycles. The number of primary amides is 1. The Bertz CT molecular complexity index is 979. The quantitative estimate of drug-likeness (QED) is 0.614. The van der Waals surface area contributed by atoms with E-state index in [2.05, 4.69) is 26.2 Å². The van der Waals surface area contributed by atoms with Gasteiger partial charge in [0.05, 0.1) is 12.5 Å². The van der Waals surface area contributed by atoms with Gasteiger partial charge >= 0.3 is 6.03 Å². The summed E-state index contributed by atoms with van der Waals surface area (Å²) in [7, 11) is -4.15. The molecular weight excluding hydrogens is 436 g/mol. The van der Waals surface area contributed by atoms with Gasteiger partial charge in [0.1, 0.15) is 0 Å². The van der Waals surface area contributed by atoms with Crippen molar-refractivity contribution >= 4 is 37.9 Å². The minimum absolute atomic E-state index is 0.242. The van der Waals surface area contributed by atoms with Crippen molar-refractivity contribution in [1.82, 2.24) is 15.0 Å². The molecule has 0 radical (unpaired) electrons. The molecule has 1 heterocycles. The van der Waals surface area contributed by atoms with Crippen molar-refractivity contribution in [2.24, 2.45) is 5.73 Å². The standard InChI is InChI=1S/C17H19BrN4O4S/c1-10-4-3-5-12(6-10)14(21-17(19)24)8-15(23)22-27(25,26)16-11(2)7-13(18)9-20-16/h3-7,9,14H,8H2,1-2H3,(H,22,23)(H3,19,21,24). The third-order valence-corrected chi connectivity index (χ3v) is 5.52. The number of halogens is 1. The van der Waals surface area contributed by atoms with Gasteiger partial charge in [-0.3, -0.25) is 4.79 Å². The number of pyridine rings is 1. The first-order valence-corrected chi connectivity index (χ1v) is 10.2. The minimum atomic E-state index is -4.15. The van der Waals surface area contributed by atoms with Crippen molar-refractivity contribution < 1.29 is 18.0 Å². The topological polar surface area (TPSA) is 131 Å². The van der Waals surface area contributed by atoms with Gasteiger partial charge in [-0.25, -0.2) is 14.5 Å². The molecule has 27 heavy (non-hydrogen) atoms. The van der Waals surface area contributed by atoms with E-state index in [0.717, 1.165) is 5.56 Å². The number of nitrogens with zero attached hydrogens (tertiary/aromatic N) is 1. The molecule has 0 aliphatic carbocycles. The van der Waals surface area contributed by atoms with Crippen molar-refractivity contribution in [2.75, 3.05) is 0 Å². The summed E-state index contributed by atoms with van der Waals surface area (Å²) in [6.07, 6.45) is 1.03. The van der Waals surface area contributed by atoms with E-state index in [9.17, 15) is 18.0 Å². The van der Waals surface area contributed by atoms with Gasteiger partial charge in [-0.05, 0) is 47.0 Å². The number of hydrogen-bond donors (Lipinski definition) is 3. The zero-order chi connectivity index (χ0) is 20.2. The molecule has 144 valence electrons. The zero-order valence-electron chi connectivity index (χ0n) is 14.7. The fourth-order valence-corrected chi connectivity index (χ4v) is 4.15.